The van der Waals surface area contributed by atoms with Gasteiger partial charge in [0.25, 0.3) is 0 Å². The Morgan fingerprint density at radius 1 is 0.938 bits per heavy atom. The van der Waals surface area contributed by atoms with Gasteiger partial charge in [-0.1, -0.05) is 94.0 Å². The van der Waals surface area contributed by atoms with Gasteiger partial charge >= 0.3 is 13.8 Å². The van der Waals surface area contributed by atoms with E-state index in [-0.39, 0.29) is 53.1 Å². The molecule has 0 bridgehead atoms. The third-order valence-corrected chi connectivity index (χ3v) is 19.2. The molecular formula is C63H81N3O13P+. The lowest BCUT2D eigenvalue weighted by molar-refractivity contribution is -0.687. The number of esters is 1. The summed E-state index contributed by atoms with van der Waals surface area (Å²) >= 11 is 0. The number of imidazole rings is 1. The number of phosphoric acid groups is 1. The lowest BCUT2D eigenvalue weighted by Crippen LogP contribution is -2.63. The summed E-state index contributed by atoms with van der Waals surface area (Å²) in [5, 5.41) is 26.7. The molecule has 0 amide bonds. The Kier molecular flexibility index (Phi) is 18.3. The summed E-state index contributed by atoms with van der Waals surface area (Å²) in [6.45, 7) is 6.42. The van der Waals surface area contributed by atoms with Gasteiger partial charge in [-0.3, -0.25) is 19.4 Å². The van der Waals surface area contributed by atoms with Crippen LogP contribution in [0.15, 0.2) is 115 Å². The number of carbonyl (C=O) groups excluding carboxylic acids is 3. The van der Waals surface area contributed by atoms with Crippen LogP contribution in [0.2, 0.25) is 0 Å². The van der Waals surface area contributed by atoms with E-state index in [0.717, 1.165) is 115 Å². The van der Waals surface area contributed by atoms with Gasteiger partial charge in [0.2, 0.25) is 12.1 Å². The fourth-order valence-corrected chi connectivity index (χ4v) is 15.2. The number of benzene rings is 3. The Morgan fingerprint density at radius 3 is 2.48 bits per heavy atom. The minimum atomic E-state index is -4.91. The number of nitrogens with one attached hydrogen (secondary N) is 1. The molecule has 5 aliphatic carbocycles. The fraction of sp³-hybridized carbons (Fsp3) is 0.556. The van der Waals surface area contributed by atoms with Gasteiger partial charge in [-0.05, 0) is 149 Å². The monoisotopic (exact) mass is 1120 g/mol. The minimum absolute atomic E-state index is 0.00808. The number of allylic oxidation sites excluding steroid dienone is 4. The van der Waals surface area contributed by atoms with Crippen LogP contribution in [-0.4, -0.2) is 99.1 Å². The number of unbranched alkanes of at least 4 members (excludes halogenated alkanes) is 4. The average Bonchev–Trinajstić information content (AvgIpc) is 3.78. The van der Waals surface area contributed by atoms with E-state index in [1.165, 1.54) is 11.6 Å². The quantitative estimate of drug-likeness (QED) is 0.0181. The third-order valence-electron chi connectivity index (χ3n) is 18.7. The number of aliphatic hydroxyl groups is 2. The molecule has 3 aromatic carbocycles. The Hall–Kier alpha value is -5.13. The Morgan fingerprint density at radius 2 is 1.70 bits per heavy atom. The molecule has 0 radical (unpaired) electrons. The molecule has 16 nitrogen and oxygen atoms in total. The normalized spacial score (nSPS) is 28.6. The average molecular weight is 1120 g/mol. The Balaban J connectivity index is 0.729. The molecule has 5 fully saturated rings. The Bertz CT molecular complexity index is 2920. The van der Waals surface area contributed by atoms with Crippen molar-refractivity contribution in [3.63, 3.8) is 0 Å². The van der Waals surface area contributed by atoms with Crippen molar-refractivity contribution in [2.24, 2.45) is 34.5 Å². The molecule has 17 heteroatoms. The number of hydrogen-bond acceptors (Lipinski definition) is 12. The van der Waals surface area contributed by atoms with Crippen LogP contribution in [-0.2, 0) is 46.1 Å². The first-order chi connectivity index (χ1) is 38.5. The summed E-state index contributed by atoms with van der Waals surface area (Å²) in [6.07, 6.45) is 22.9. The lowest BCUT2D eigenvalue weighted by atomic mass is 9.46. The smallest absolute Gasteiger partial charge is 0.454 e. The number of rotatable bonds is 25. The summed E-state index contributed by atoms with van der Waals surface area (Å²) < 4.78 is 46.3. The summed E-state index contributed by atoms with van der Waals surface area (Å²) in [5.41, 5.74) is 1.69. The van der Waals surface area contributed by atoms with Gasteiger partial charge in [0.15, 0.2) is 24.3 Å². The van der Waals surface area contributed by atoms with E-state index >= 15 is 4.79 Å². The molecule has 10 atom stereocenters. The largest absolute Gasteiger partial charge is 0.524 e. The van der Waals surface area contributed by atoms with Gasteiger partial charge in [0.1, 0.15) is 30.4 Å². The van der Waals surface area contributed by atoms with Crippen LogP contribution in [0, 0.1) is 34.5 Å². The van der Waals surface area contributed by atoms with Gasteiger partial charge in [0, 0.05) is 48.0 Å². The number of aromatic nitrogens is 2. The van der Waals surface area contributed by atoms with Crippen LogP contribution in [0.4, 0.5) is 0 Å². The SMILES string of the molecule is C[C@]12C=CC(=O)C=C1CC[C@@H]1[C@@H]2[C@@H](O)C[C@@]2(C)[C@H]1C[C@H]1O[C@@H](C3CCCCC3)O[C@]12C(=O)COC(=O)c1ccc(-n2cc[n+](Cc3cc(C(O)CNCCCCCCOCCCCc4ccccc4)ccc3OP(=O)(O)O)c2)cc1. The molecule has 5 N–H and O–H groups in total. The predicted molar refractivity (Wildman–Crippen MR) is 298 cm³/mol. The number of fused-ring (bicyclic) bond motifs is 7. The highest BCUT2D eigenvalue weighted by Gasteiger charge is 2.76. The van der Waals surface area contributed by atoms with Gasteiger partial charge in [0.05, 0.1) is 23.9 Å². The standard InChI is InChI=1S/C63H80N3O13P/c1-61-29-28-50(67)36-48(61)23-26-51-52-37-57-63(62(52,2)38-53(68)58(51)61,78-60(77-57)45-18-9-6-10-19-45)56(70)41-76-59(71)44-20-24-49(25-21-44)66-32-31-65(42-66)40-47-35-46(22-27-55(47)79-80(72,73)74)54(69)39-64-30-12-3-4-13-33-75-34-14-11-17-43-15-7-5-8-16-43/h5,7-8,15-16,20-22,24-25,27-29,31-32,35-36,42,45,51-54,57-58,60,64,68-69H,3-4,6,9-14,17-19,23,26,30,33-34,37-41H2,1-2H3,(H-,72,73,74)/p+1/t51-,52-,53-,54?,57+,58+,60+,61-,62-,63+/m0/s1. The molecule has 1 aromatic heterocycles. The number of hydrogen-bond donors (Lipinski definition) is 5. The van der Waals surface area contributed by atoms with Crippen molar-refractivity contribution in [1.29, 1.82) is 0 Å². The second-order valence-corrected chi connectivity index (χ2v) is 25.0. The number of aryl methyl sites for hydroxylation is 1. The first kappa shape index (κ1) is 58.1. The van der Waals surface area contributed by atoms with Crippen LogP contribution in [0.1, 0.15) is 143 Å². The maximum absolute atomic E-state index is 15.0. The number of carbonyl (C=O) groups is 3. The van der Waals surface area contributed by atoms with Gasteiger partial charge in [-0.2, -0.15) is 0 Å². The van der Waals surface area contributed by atoms with Gasteiger partial charge < -0.3 is 39.0 Å². The molecule has 4 aromatic rings. The predicted octanol–water partition coefficient (Wildman–Crippen LogP) is 9.18. The first-order valence-corrected chi connectivity index (χ1v) is 30.8. The van der Waals surface area contributed by atoms with Crippen molar-refractivity contribution in [2.45, 2.75) is 153 Å². The topological polar surface area (TPSA) is 216 Å². The van der Waals surface area contributed by atoms with Crippen molar-refractivity contribution < 1.29 is 67.0 Å². The number of ether oxygens (including phenoxy) is 4. The number of nitrogens with zero attached hydrogens (tertiary/aromatic N) is 2. The van der Waals surface area contributed by atoms with Crippen LogP contribution in [0.5, 0.6) is 5.75 Å². The highest BCUT2D eigenvalue weighted by atomic mass is 31.2. The zero-order valence-electron chi connectivity index (χ0n) is 46.4. The zero-order valence-corrected chi connectivity index (χ0v) is 47.3. The van der Waals surface area contributed by atoms with Crippen LogP contribution >= 0.6 is 7.82 Å². The van der Waals surface area contributed by atoms with Gasteiger partial charge in [-0.15, -0.1) is 0 Å². The molecule has 10 rings (SSSR count). The van der Waals surface area contributed by atoms with Crippen molar-refractivity contribution in [2.75, 3.05) is 32.9 Å². The molecule has 1 unspecified atom stereocenters. The van der Waals surface area contributed by atoms with Crippen LogP contribution in [0.25, 0.3) is 5.69 Å². The molecule has 1 saturated heterocycles. The molecule has 0 spiro atoms. The van der Waals surface area contributed by atoms with E-state index in [1.807, 2.05) is 16.7 Å². The van der Waals surface area contributed by atoms with E-state index < -0.39 is 61.4 Å². The maximum Gasteiger partial charge on any atom is 0.524 e. The molecule has 6 aliphatic rings. The van der Waals surface area contributed by atoms with Crippen molar-refractivity contribution >= 4 is 25.4 Å². The van der Waals surface area contributed by atoms with Crippen LogP contribution in [0.3, 0.4) is 0 Å². The third kappa shape index (κ3) is 12.6. The van der Waals surface area contributed by atoms with Crippen molar-refractivity contribution in [3.05, 3.63) is 138 Å². The summed E-state index contributed by atoms with van der Waals surface area (Å²) in [7, 11) is -4.91. The molecule has 1 aliphatic heterocycles. The molecule has 4 saturated carbocycles. The van der Waals surface area contributed by atoms with E-state index in [0.29, 0.717) is 36.2 Å². The summed E-state index contributed by atoms with van der Waals surface area (Å²) in [4.78, 5) is 60.8. The molecular weight excluding hydrogens is 1040 g/mol. The Labute approximate surface area is 470 Å². The summed E-state index contributed by atoms with van der Waals surface area (Å²) in [5.74, 6) is -0.993. The molecule has 2 heterocycles. The number of phosphoric ester groups is 1. The van der Waals surface area contributed by atoms with Crippen molar-refractivity contribution in [1.82, 2.24) is 9.88 Å². The molecule has 80 heavy (non-hydrogen) atoms. The van der Waals surface area contributed by atoms with E-state index in [1.54, 1.807) is 71.8 Å². The number of aliphatic hydroxyl groups excluding tert-OH is 2. The fourth-order valence-electron chi connectivity index (χ4n) is 14.7. The lowest BCUT2D eigenvalue weighted by Gasteiger charge is -2.59. The molecule has 430 valence electrons. The second kappa shape index (κ2) is 25.2. The maximum atomic E-state index is 15.0. The number of ketones is 2. The minimum Gasteiger partial charge on any atom is -0.454 e. The highest BCUT2D eigenvalue weighted by molar-refractivity contribution is 7.46. The number of Topliss-reactive ketones (excluding diaryl/α,β-unsaturated/α-hetero) is 1. The highest BCUT2D eigenvalue weighted by Crippen LogP contribution is 2.70. The first-order valence-electron chi connectivity index (χ1n) is 29.3. The van der Waals surface area contributed by atoms with Gasteiger partial charge in [-0.25, -0.2) is 18.5 Å². The zero-order chi connectivity index (χ0) is 56.1. The summed E-state index contributed by atoms with van der Waals surface area (Å²) in [6, 6.07) is 22.0. The van der Waals surface area contributed by atoms with E-state index in [4.69, 9.17) is 23.5 Å². The van der Waals surface area contributed by atoms with Crippen LogP contribution < -0.4 is 14.4 Å². The van der Waals surface area contributed by atoms with E-state index in [2.05, 4.69) is 43.4 Å². The van der Waals surface area contributed by atoms with E-state index in [9.17, 15) is 34.2 Å². The van der Waals surface area contributed by atoms with Crippen molar-refractivity contribution in [3.8, 4) is 11.4 Å². The second-order valence-electron chi connectivity index (χ2n) is 23.9.